The summed E-state index contributed by atoms with van der Waals surface area (Å²) in [6.45, 7) is 1.55. The molecule has 0 saturated heterocycles. The Morgan fingerprint density at radius 3 is 2.45 bits per heavy atom. The molecule has 0 unspecified atom stereocenters. The van der Waals surface area contributed by atoms with E-state index in [1.54, 1.807) is 19.1 Å². The highest BCUT2D eigenvalue weighted by Gasteiger charge is 2.10. The summed E-state index contributed by atoms with van der Waals surface area (Å²) in [7, 11) is 2.86. The molecule has 0 radical (unpaired) electrons. The molecule has 0 atom stereocenters. The van der Waals surface area contributed by atoms with Gasteiger partial charge in [-0.25, -0.2) is 5.43 Å². The molecule has 0 amide bonds. The molecule has 1 aromatic heterocycles. The zero-order valence-electron chi connectivity index (χ0n) is 12.2. The first-order valence-corrected chi connectivity index (χ1v) is 6.22. The van der Waals surface area contributed by atoms with Crippen LogP contribution >= 0.6 is 0 Å². The highest BCUT2D eigenvalue weighted by molar-refractivity contribution is 5.82. The van der Waals surface area contributed by atoms with E-state index >= 15 is 0 Å². The van der Waals surface area contributed by atoms with Crippen molar-refractivity contribution in [3.63, 3.8) is 0 Å². The van der Waals surface area contributed by atoms with Crippen molar-refractivity contribution in [2.24, 2.45) is 5.10 Å². The van der Waals surface area contributed by atoms with Crippen molar-refractivity contribution < 1.29 is 14.6 Å². The number of aromatic hydroxyl groups is 1. The van der Waals surface area contributed by atoms with Crippen molar-refractivity contribution in [2.75, 3.05) is 19.6 Å². The normalized spacial score (nSPS) is 10.7. The Morgan fingerprint density at radius 2 is 1.91 bits per heavy atom. The molecule has 116 valence electrons. The van der Waals surface area contributed by atoms with E-state index in [1.807, 2.05) is 0 Å². The van der Waals surface area contributed by atoms with Gasteiger partial charge in [-0.15, -0.1) is 10.2 Å². The molecule has 0 aliphatic heterocycles. The second-order valence-electron chi connectivity index (χ2n) is 4.23. The highest BCUT2D eigenvalue weighted by Crippen LogP contribution is 2.36. The minimum atomic E-state index is -0.347. The maximum absolute atomic E-state index is 11.4. The first-order valence-electron chi connectivity index (χ1n) is 6.22. The number of hydrogen-bond donors (Lipinski definition) is 3. The third-order valence-corrected chi connectivity index (χ3v) is 2.75. The number of hydrogen-bond acceptors (Lipinski definition) is 8. The molecule has 0 aliphatic carbocycles. The molecular formula is C13H15N5O4. The number of nitrogens with one attached hydrogen (secondary N) is 2. The molecule has 3 N–H and O–H groups in total. The first kappa shape index (κ1) is 15.3. The summed E-state index contributed by atoms with van der Waals surface area (Å²) in [5.74, 6) is 0.530. The Morgan fingerprint density at radius 1 is 1.27 bits per heavy atom. The van der Waals surface area contributed by atoms with E-state index in [9.17, 15) is 9.90 Å². The number of ether oxygens (including phenoxy) is 2. The van der Waals surface area contributed by atoms with Crippen LogP contribution in [-0.2, 0) is 0 Å². The lowest BCUT2D eigenvalue weighted by atomic mass is 10.2. The van der Waals surface area contributed by atoms with E-state index in [0.717, 1.165) is 0 Å². The van der Waals surface area contributed by atoms with Gasteiger partial charge in [-0.05, 0) is 19.1 Å². The number of aromatic nitrogens is 3. The Labute approximate surface area is 125 Å². The van der Waals surface area contributed by atoms with Crippen LogP contribution in [0.3, 0.4) is 0 Å². The van der Waals surface area contributed by atoms with E-state index in [-0.39, 0.29) is 34.5 Å². The minimum absolute atomic E-state index is 0.0937. The first-order chi connectivity index (χ1) is 10.5. The minimum Gasteiger partial charge on any atom is -0.502 e. The molecule has 0 spiro atoms. The summed E-state index contributed by atoms with van der Waals surface area (Å²) in [6, 6.07) is 3.15. The summed E-state index contributed by atoms with van der Waals surface area (Å²) in [5.41, 5.74) is 3.08. The van der Waals surface area contributed by atoms with Crippen molar-refractivity contribution in [3.05, 3.63) is 33.7 Å². The number of phenols is 1. The van der Waals surface area contributed by atoms with Gasteiger partial charge in [-0.3, -0.25) is 9.78 Å². The molecule has 22 heavy (non-hydrogen) atoms. The molecule has 1 aromatic carbocycles. The standard InChI is InChI=1S/C13H15N5O4/c1-7-12(20)15-13(18-16-7)17-14-6-8-4-9(21-2)11(19)10(5-8)22-3/h4-6,19H,1-3H3,(H2,15,17,18,20). The van der Waals surface area contributed by atoms with Gasteiger partial charge in [0, 0.05) is 5.56 Å². The molecular weight excluding hydrogens is 290 g/mol. The molecule has 2 aromatic rings. The van der Waals surface area contributed by atoms with Crippen LogP contribution in [0.25, 0.3) is 0 Å². The SMILES string of the molecule is COc1cc(C=NNc2nnc(C)c(=O)[nH]2)cc(OC)c1O. The number of aryl methyl sites for hydroxylation is 1. The molecule has 0 bridgehead atoms. The van der Waals surface area contributed by atoms with Gasteiger partial charge in [0.1, 0.15) is 5.69 Å². The monoisotopic (exact) mass is 305 g/mol. The summed E-state index contributed by atoms with van der Waals surface area (Å²) >= 11 is 0. The van der Waals surface area contributed by atoms with Gasteiger partial charge in [0.15, 0.2) is 11.5 Å². The zero-order valence-corrected chi connectivity index (χ0v) is 12.2. The number of hydrazone groups is 1. The Kier molecular flexibility index (Phi) is 4.57. The van der Waals surface area contributed by atoms with E-state index in [4.69, 9.17) is 9.47 Å². The number of nitrogens with zero attached hydrogens (tertiary/aromatic N) is 3. The van der Waals surface area contributed by atoms with Gasteiger partial charge in [-0.2, -0.15) is 5.10 Å². The number of H-pyrrole nitrogens is 1. The summed E-state index contributed by atoms with van der Waals surface area (Å²) in [4.78, 5) is 13.8. The molecule has 0 aliphatic rings. The second kappa shape index (κ2) is 6.57. The summed E-state index contributed by atoms with van der Waals surface area (Å²) in [6.07, 6.45) is 1.45. The lowest BCUT2D eigenvalue weighted by Crippen LogP contribution is -2.15. The van der Waals surface area contributed by atoms with Crippen molar-refractivity contribution in [1.29, 1.82) is 0 Å². The maximum atomic E-state index is 11.4. The van der Waals surface area contributed by atoms with Crippen LogP contribution in [0.1, 0.15) is 11.3 Å². The van der Waals surface area contributed by atoms with Crippen LogP contribution < -0.4 is 20.5 Å². The van der Waals surface area contributed by atoms with E-state index in [0.29, 0.717) is 5.56 Å². The topological polar surface area (TPSA) is 122 Å². The van der Waals surface area contributed by atoms with Crippen LogP contribution in [0.2, 0.25) is 0 Å². The van der Waals surface area contributed by atoms with Crippen molar-refractivity contribution in [1.82, 2.24) is 15.2 Å². The lowest BCUT2D eigenvalue weighted by molar-refractivity contribution is 0.340. The third-order valence-electron chi connectivity index (χ3n) is 2.75. The molecule has 0 saturated carbocycles. The van der Waals surface area contributed by atoms with Crippen LogP contribution in [0.4, 0.5) is 5.95 Å². The highest BCUT2D eigenvalue weighted by atomic mass is 16.5. The van der Waals surface area contributed by atoms with E-state index < -0.39 is 0 Å². The van der Waals surface area contributed by atoms with Crippen LogP contribution in [0, 0.1) is 6.92 Å². The fraction of sp³-hybridized carbons (Fsp3) is 0.231. The number of aromatic amines is 1. The van der Waals surface area contributed by atoms with Crippen LogP contribution in [0.5, 0.6) is 17.2 Å². The van der Waals surface area contributed by atoms with E-state index in [1.165, 1.54) is 20.4 Å². The fourth-order valence-electron chi connectivity index (χ4n) is 1.60. The predicted molar refractivity (Wildman–Crippen MR) is 79.8 cm³/mol. The number of phenolic OH excluding ortho intramolecular Hbond substituents is 1. The quantitative estimate of drug-likeness (QED) is 0.547. The average molecular weight is 305 g/mol. The second-order valence-corrected chi connectivity index (χ2v) is 4.23. The smallest absolute Gasteiger partial charge is 0.274 e. The maximum Gasteiger partial charge on any atom is 0.274 e. The Hall–Kier alpha value is -3.10. The molecule has 9 nitrogen and oxygen atoms in total. The summed E-state index contributed by atoms with van der Waals surface area (Å²) < 4.78 is 10.1. The fourth-order valence-corrected chi connectivity index (χ4v) is 1.60. The van der Waals surface area contributed by atoms with Crippen molar-refractivity contribution in [2.45, 2.75) is 6.92 Å². The van der Waals surface area contributed by atoms with Gasteiger partial charge in [0.25, 0.3) is 5.56 Å². The molecule has 0 fully saturated rings. The van der Waals surface area contributed by atoms with Crippen molar-refractivity contribution in [3.8, 4) is 17.2 Å². The molecule has 9 heteroatoms. The number of methoxy groups -OCH3 is 2. The summed E-state index contributed by atoms with van der Waals surface area (Å²) in [5, 5.41) is 21.1. The number of anilines is 1. The van der Waals surface area contributed by atoms with Gasteiger partial charge in [0.05, 0.1) is 20.4 Å². The van der Waals surface area contributed by atoms with Crippen LogP contribution in [0.15, 0.2) is 22.0 Å². The molecule has 2 rings (SSSR count). The van der Waals surface area contributed by atoms with Gasteiger partial charge in [-0.1, -0.05) is 0 Å². The third kappa shape index (κ3) is 3.32. The average Bonchev–Trinajstić information content (AvgIpc) is 2.52. The van der Waals surface area contributed by atoms with Gasteiger partial charge in [0.2, 0.25) is 11.7 Å². The Bertz CT molecular complexity index is 731. The number of rotatable bonds is 5. The van der Waals surface area contributed by atoms with Gasteiger partial charge >= 0.3 is 0 Å². The number of benzene rings is 1. The largest absolute Gasteiger partial charge is 0.502 e. The Balaban J connectivity index is 2.19. The zero-order chi connectivity index (χ0) is 16.1. The van der Waals surface area contributed by atoms with Gasteiger partial charge < -0.3 is 14.6 Å². The van der Waals surface area contributed by atoms with Crippen molar-refractivity contribution >= 4 is 12.2 Å². The predicted octanol–water partition coefficient (Wildman–Crippen LogP) is 0.642. The lowest BCUT2D eigenvalue weighted by Gasteiger charge is -2.09. The van der Waals surface area contributed by atoms with Crippen LogP contribution in [-0.4, -0.2) is 40.7 Å². The van der Waals surface area contributed by atoms with E-state index in [2.05, 4.69) is 25.7 Å². The molecule has 1 heterocycles.